The van der Waals surface area contributed by atoms with E-state index < -0.39 is 5.97 Å². The molecule has 12 heteroatoms. The van der Waals surface area contributed by atoms with Gasteiger partial charge in [-0.15, -0.1) is 13.2 Å². The molecule has 0 bridgehead atoms. The molecule has 2 heterocycles. The number of hydrogen-bond donors (Lipinski definition) is 1. The van der Waals surface area contributed by atoms with E-state index in [-0.39, 0.29) is 51.1 Å². The summed E-state index contributed by atoms with van der Waals surface area (Å²) in [6.07, 6.45) is 20.1. The van der Waals surface area contributed by atoms with Gasteiger partial charge in [-0.2, -0.15) is 0 Å². The Hall–Kier alpha value is -7.34. The molecule has 6 aliphatic carbocycles. The van der Waals surface area contributed by atoms with Gasteiger partial charge >= 0.3 is 11.9 Å². The molecule has 0 unspecified atom stereocenters. The molecule has 404 valence electrons. The fourth-order valence-electron chi connectivity index (χ4n) is 13.9. The van der Waals surface area contributed by atoms with Gasteiger partial charge in [0.2, 0.25) is 11.8 Å². The molecule has 4 aromatic carbocycles. The number of benzene rings is 4. The zero-order valence-electron chi connectivity index (χ0n) is 44.9. The number of carbonyl (C=O) groups excluding carboxylic acids is 1. The van der Waals surface area contributed by atoms with Gasteiger partial charge in [0.1, 0.15) is 36.3 Å². The molecular formula is C66H68F2N2O8. The molecule has 4 saturated carbocycles. The number of esters is 1. The molecule has 1 N–H and O–H groups in total. The van der Waals surface area contributed by atoms with Crippen LogP contribution in [0.15, 0.2) is 123 Å². The fraction of sp³-hybridized carbons (Fsp3) is 0.394. The highest BCUT2D eigenvalue weighted by atomic mass is 19.1. The molecule has 0 aliphatic heterocycles. The molecule has 0 radical (unpaired) electrons. The van der Waals surface area contributed by atoms with E-state index >= 15 is 8.78 Å². The number of aromatic nitrogens is 2. The quantitative estimate of drug-likeness (QED) is 0.0697. The van der Waals surface area contributed by atoms with Crippen LogP contribution in [0.5, 0.6) is 23.3 Å². The van der Waals surface area contributed by atoms with Crippen molar-refractivity contribution in [1.29, 1.82) is 0 Å². The second kappa shape index (κ2) is 21.1. The Bertz CT molecular complexity index is 3320. The second-order valence-corrected chi connectivity index (χ2v) is 22.4. The Morgan fingerprint density at radius 1 is 0.603 bits per heavy atom. The number of pyridine rings is 2. The summed E-state index contributed by atoms with van der Waals surface area (Å²) in [6.45, 7) is 11.4. The van der Waals surface area contributed by atoms with Crippen molar-refractivity contribution < 1.29 is 47.2 Å². The van der Waals surface area contributed by atoms with Crippen LogP contribution in [0.4, 0.5) is 8.78 Å². The molecule has 4 fully saturated rings. The minimum absolute atomic E-state index is 0.0484. The SMILES string of the molecule is C=CC1(c2cc(COc3ccc4c(c3)[C@]3(CC4)C[C@H]3C(=O)O)ccc2-c2cc(OC)ncc2F)CCCC1.C=CC1(c2cc(COc3ccc4c(c3)[C@]3(CC4)C[C@H]3C(=O)OCC)ccc2-c2cc(OC)ncc2F)CCCC1. The van der Waals surface area contributed by atoms with Crippen molar-refractivity contribution in [3.63, 3.8) is 0 Å². The van der Waals surface area contributed by atoms with Gasteiger partial charge < -0.3 is 28.8 Å². The fourth-order valence-corrected chi connectivity index (χ4v) is 13.9. The molecule has 6 aliphatic rings. The Kier molecular flexibility index (Phi) is 14.3. The number of halogens is 2. The first-order chi connectivity index (χ1) is 37.8. The summed E-state index contributed by atoms with van der Waals surface area (Å²) in [5, 5.41) is 9.56. The number of fused-ring (bicyclic) bond motifs is 4. The predicted molar refractivity (Wildman–Crippen MR) is 295 cm³/mol. The van der Waals surface area contributed by atoms with E-state index in [2.05, 4.69) is 53.5 Å². The monoisotopic (exact) mass is 1050 g/mol. The van der Waals surface area contributed by atoms with Gasteiger partial charge in [0.05, 0.1) is 45.1 Å². The van der Waals surface area contributed by atoms with Gasteiger partial charge in [0.25, 0.3) is 0 Å². The molecule has 0 saturated heterocycles. The smallest absolute Gasteiger partial charge is 0.309 e. The summed E-state index contributed by atoms with van der Waals surface area (Å²) < 4.78 is 58.5. The van der Waals surface area contributed by atoms with Crippen LogP contribution in [-0.2, 0) is 62.0 Å². The van der Waals surface area contributed by atoms with E-state index in [1.165, 1.54) is 43.3 Å². The lowest BCUT2D eigenvalue weighted by Crippen LogP contribution is -2.20. The number of methoxy groups -OCH3 is 2. The van der Waals surface area contributed by atoms with Crippen molar-refractivity contribution >= 4 is 11.9 Å². The number of nitrogens with zero attached hydrogens (tertiary/aromatic N) is 2. The molecule has 6 aromatic rings. The number of ether oxygens (including phenoxy) is 5. The van der Waals surface area contributed by atoms with Crippen LogP contribution in [0.1, 0.15) is 128 Å². The maximum Gasteiger partial charge on any atom is 0.309 e. The minimum Gasteiger partial charge on any atom is -0.489 e. The zero-order chi connectivity index (χ0) is 54.4. The highest BCUT2D eigenvalue weighted by Crippen LogP contribution is 2.63. The number of allylic oxidation sites excluding steroid dienone is 2. The summed E-state index contributed by atoms with van der Waals surface area (Å²) in [5.41, 5.74) is 10.9. The number of carboxylic acids is 1. The Morgan fingerprint density at radius 2 is 1.05 bits per heavy atom. The predicted octanol–water partition coefficient (Wildman–Crippen LogP) is 14.0. The van der Waals surface area contributed by atoms with Crippen LogP contribution >= 0.6 is 0 Å². The molecule has 12 rings (SSSR count). The Morgan fingerprint density at radius 3 is 1.46 bits per heavy atom. The lowest BCUT2D eigenvalue weighted by Gasteiger charge is -2.29. The molecule has 10 nitrogen and oxygen atoms in total. The number of rotatable bonds is 17. The molecule has 2 aromatic heterocycles. The zero-order valence-corrected chi connectivity index (χ0v) is 44.9. The minimum atomic E-state index is -0.705. The van der Waals surface area contributed by atoms with E-state index in [0.29, 0.717) is 49.1 Å². The topological polar surface area (TPSA) is 126 Å². The number of aliphatic carboxylic acids is 1. The van der Waals surface area contributed by atoms with Crippen LogP contribution in [0.25, 0.3) is 22.3 Å². The third-order valence-corrected chi connectivity index (χ3v) is 18.4. The van der Waals surface area contributed by atoms with Gasteiger partial charge in [-0.25, -0.2) is 18.7 Å². The van der Waals surface area contributed by atoms with Crippen molar-refractivity contribution in [3.8, 4) is 45.5 Å². The first kappa shape index (κ1) is 52.7. The van der Waals surface area contributed by atoms with Crippen molar-refractivity contribution in [2.75, 3.05) is 20.8 Å². The normalized spacial score (nSPS) is 22.4. The third-order valence-electron chi connectivity index (χ3n) is 18.4. The van der Waals surface area contributed by atoms with E-state index in [0.717, 1.165) is 134 Å². The molecule has 2 spiro atoms. The number of hydrogen-bond acceptors (Lipinski definition) is 9. The summed E-state index contributed by atoms with van der Waals surface area (Å²) >= 11 is 0. The average molecular weight is 1060 g/mol. The van der Waals surface area contributed by atoms with Crippen LogP contribution < -0.4 is 18.9 Å². The number of carboxylic acid groups (broad SMARTS) is 1. The summed E-state index contributed by atoms with van der Waals surface area (Å²) in [5.74, 6) is 0.397. The van der Waals surface area contributed by atoms with Gasteiger partial charge in [0, 0.05) is 44.9 Å². The summed E-state index contributed by atoms with van der Waals surface area (Å²) in [4.78, 5) is 32.1. The van der Waals surface area contributed by atoms with Crippen LogP contribution in [0.2, 0.25) is 0 Å². The molecular weight excluding hydrogens is 987 g/mol. The standard InChI is InChI=1S/C34H36FNO4.C32H32FNO4/c1-4-33(13-6-7-14-33)28-16-22(8-11-25(28)26-18-31(38-3)36-20-30(26)35)21-40-24-10-9-23-12-15-34(27(23)17-24)19-29(34)32(37)39-5-2;1-3-31(11-4-5-12-31)26-14-20(6-9-23(26)24-16-29(37-2)34-18-28(24)33)19-38-22-8-7-21-10-13-32(25(21)15-22)17-27(32)30(35)36/h4,8-11,16-18,20,29H,1,5-7,12-15,19,21H2,2-3H3;3,6-9,14-16,18,27H,1,4-5,10-13,17,19H2,2H3,(H,35,36)/t29-,34-;27-,32-/m00/s1. The van der Waals surface area contributed by atoms with Crippen LogP contribution in [0.3, 0.4) is 0 Å². The number of carbonyl (C=O) groups is 2. The van der Waals surface area contributed by atoms with E-state index in [4.69, 9.17) is 23.7 Å². The summed E-state index contributed by atoms with van der Waals surface area (Å²) in [6, 6.07) is 27.9. The van der Waals surface area contributed by atoms with Crippen LogP contribution in [0, 0.1) is 23.5 Å². The Balaban J connectivity index is 0.000000166. The highest BCUT2D eigenvalue weighted by Gasteiger charge is 2.63. The van der Waals surface area contributed by atoms with Gasteiger partial charge in [-0.1, -0.05) is 86.4 Å². The summed E-state index contributed by atoms with van der Waals surface area (Å²) in [7, 11) is 3.06. The van der Waals surface area contributed by atoms with Crippen molar-refractivity contribution in [2.45, 2.75) is 132 Å². The van der Waals surface area contributed by atoms with Gasteiger partial charge in [-0.3, -0.25) is 9.59 Å². The first-order valence-corrected chi connectivity index (χ1v) is 27.7. The van der Waals surface area contributed by atoms with E-state index in [9.17, 15) is 14.7 Å². The largest absolute Gasteiger partial charge is 0.489 e. The van der Waals surface area contributed by atoms with Crippen molar-refractivity contribution in [2.24, 2.45) is 11.8 Å². The highest BCUT2D eigenvalue weighted by molar-refractivity contribution is 5.80. The van der Waals surface area contributed by atoms with E-state index in [1.54, 1.807) is 12.1 Å². The maximum absolute atomic E-state index is 15.1. The first-order valence-electron chi connectivity index (χ1n) is 27.7. The maximum atomic E-state index is 15.1. The number of aryl methyl sites for hydroxylation is 2. The van der Waals surface area contributed by atoms with E-state index in [1.807, 2.05) is 61.5 Å². The lowest BCUT2D eigenvalue weighted by molar-refractivity contribution is -0.145. The van der Waals surface area contributed by atoms with Crippen LogP contribution in [-0.4, -0.2) is 47.8 Å². The second-order valence-electron chi connectivity index (χ2n) is 22.4. The van der Waals surface area contributed by atoms with Crippen molar-refractivity contribution in [1.82, 2.24) is 9.97 Å². The lowest BCUT2D eigenvalue weighted by atomic mass is 9.75. The average Bonchev–Trinajstić information content (AvgIpc) is 3.82. The molecule has 4 atom stereocenters. The van der Waals surface area contributed by atoms with Crippen molar-refractivity contribution in [3.05, 3.63) is 179 Å². The van der Waals surface area contributed by atoms with Gasteiger partial charge in [-0.05, 0) is 151 Å². The molecule has 78 heavy (non-hydrogen) atoms. The third kappa shape index (κ3) is 9.52. The molecule has 0 amide bonds. The van der Waals surface area contributed by atoms with Gasteiger partial charge in [0.15, 0.2) is 0 Å². The Labute approximate surface area is 455 Å².